The fraction of sp³-hybridized carbons (Fsp3) is 0.261. The third-order valence-corrected chi connectivity index (χ3v) is 6.36. The second-order valence-corrected chi connectivity index (χ2v) is 8.49. The van der Waals surface area contributed by atoms with Crippen molar-refractivity contribution >= 4 is 23.5 Å². The molecule has 5 rings (SSSR count). The van der Waals surface area contributed by atoms with E-state index in [2.05, 4.69) is 48.6 Å². The summed E-state index contributed by atoms with van der Waals surface area (Å²) in [5.41, 5.74) is 5.36. The lowest BCUT2D eigenvalue weighted by atomic mass is 9.85. The summed E-state index contributed by atoms with van der Waals surface area (Å²) in [6.07, 6.45) is 2.36. The molecule has 3 aromatic rings. The first kappa shape index (κ1) is 18.2. The lowest BCUT2D eigenvalue weighted by Crippen LogP contribution is -2.31. The zero-order valence-electron chi connectivity index (χ0n) is 16.3. The minimum Gasteiger partial charge on any atom is -0.328 e. The highest BCUT2D eigenvalue weighted by Crippen LogP contribution is 2.40. The molecule has 1 atom stereocenters. The summed E-state index contributed by atoms with van der Waals surface area (Å²) in [7, 11) is 0. The molecule has 6 heteroatoms. The molecule has 2 aromatic carbocycles. The van der Waals surface area contributed by atoms with Crippen molar-refractivity contribution in [3.05, 3.63) is 82.6 Å². The SMILES string of the molecule is Cc1ccc([C@@H]2C3=C(CCCC3=O)Nc3nc(SCc4ccccc4)nn32)cc1. The third-order valence-electron chi connectivity index (χ3n) is 5.45. The number of fused-ring (bicyclic) bond motifs is 1. The number of nitrogens with zero attached hydrogens (tertiary/aromatic N) is 3. The van der Waals surface area contributed by atoms with E-state index in [1.54, 1.807) is 11.8 Å². The molecule has 0 unspecified atom stereocenters. The highest BCUT2D eigenvalue weighted by Gasteiger charge is 2.36. The highest BCUT2D eigenvalue weighted by molar-refractivity contribution is 7.98. The van der Waals surface area contributed by atoms with Crippen LogP contribution in [0.5, 0.6) is 0 Å². The van der Waals surface area contributed by atoms with Crippen molar-refractivity contribution in [2.24, 2.45) is 0 Å². The molecule has 0 spiro atoms. The van der Waals surface area contributed by atoms with Gasteiger partial charge in [0.15, 0.2) is 5.78 Å². The van der Waals surface area contributed by atoms with Crippen molar-refractivity contribution in [3.8, 4) is 0 Å². The standard InChI is InChI=1S/C23H22N4OS/c1-15-10-12-17(13-11-15)21-20-18(8-5-9-19(20)28)24-22-25-23(26-27(21)22)29-14-16-6-3-2-4-7-16/h2-4,6-7,10-13,21H,5,8-9,14H2,1H3,(H,24,25,26)/t21-/m1/s1. The van der Waals surface area contributed by atoms with Gasteiger partial charge in [-0.15, -0.1) is 5.10 Å². The Morgan fingerprint density at radius 3 is 2.69 bits per heavy atom. The Morgan fingerprint density at radius 1 is 1.10 bits per heavy atom. The molecule has 1 aliphatic heterocycles. The van der Waals surface area contributed by atoms with Crippen LogP contribution in [0, 0.1) is 6.92 Å². The summed E-state index contributed by atoms with van der Waals surface area (Å²) in [5.74, 6) is 1.74. The van der Waals surface area contributed by atoms with E-state index in [-0.39, 0.29) is 11.8 Å². The van der Waals surface area contributed by atoms with E-state index < -0.39 is 0 Å². The van der Waals surface area contributed by atoms with Crippen LogP contribution >= 0.6 is 11.8 Å². The van der Waals surface area contributed by atoms with Crippen molar-refractivity contribution in [1.29, 1.82) is 0 Å². The molecule has 146 valence electrons. The van der Waals surface area contributed by atoms with Crippen molar-refractivity contribution < 1.29 is 4.79 Å². The van der Waals surface area contributed by atoms with E-state index in [1.807, 2.05) is 22.9 Å². The molecule has 2 heterocycles. The number of nitrogens with one attached hydrogen (secondary N) is 1. The maximum absolute atomic E-state index is 12.8. The molecule has 0 saturated carbocycles. The van der Waals surface area contributed by atoms with E-state index in [9.17, 15) is 4.79 Å². The number of benzene rings is 2. The van der Waals surface area contributed by atoms with E-state index >= 15 is 0 Å². The molecule has 29 heavy (non-hydrogen) atoms. The fourth-order valence-electron chi connectivity index (χ4n) is 3.98. The zero-order chi connectivity index (χ0) is 19.8. The van der Waals surface area contributed by atoms with Crippen molar-refractivity contribution in [3.63, 3.8) is 0 Å². The van der Waals surface area contributed by atoms with E-state index in [1.165, 1.54) is 11.1 Å². The number of thioether (sulfide) groups is 1. The summed E-state index contributed by atoms with van der Waals surface area (Å²) < 4.78 is 1.89. The second kappa shape index (κ2) is 7.52. The van der Waals surface area contributed by atoms with Gasteiger partial charge in [-0.05, 0) is 30.9 Å². The molecule has 0 saturated heterocycles. The Morgan fingerprint density at radius 2 is 1.90 bits per heavy atom. The summed E-state index contributed by atoms with van der Waals surface area (Å²) in [5, 5.41) is 8.91. The Balaban J connectivity index is 1.52. The van der Waals surface area contributed by atoms with Crippen LogP contribution in [0.15, 0.2) is 71.0 Å². The van der Waals surface area contributed by atoms with E-state index in [0.717, 1.165) is 46.5 Å². The molecule has 5 nitrogen and oxygen atoms in total. The van der Waals surface area contributed by atoms with Gasteiger partial charge in [-0.2, -0.15) is 4.98 Å². The van der Waals surface area contributed by atoms with Gasteiger partial charge in [0.2, 0.25) is 11.1 Å². The molecular weight excluding hydrogens is 380 g/mol. The largest absolute Gasteiger partial charge is 0.328 e. The van der Waals surface area contributed by atoms with Gasteiger partial charge in [0, 0.05) is 23.4 Å². The van der Waals surface area contributed by atoms with Gasteiger partial charge in [-0.1, -0.05) is 71.9 Å². The number of hydrogen-bond acceptors (Lipinski definition) is 5. The van der Waals surface area contributed by atoms with Crippen molar-refractivity contribution in [2.75, 3.05) is 5.32 Å². The van der Waals surface area contributed by atoms with Crippen LogP contribution in [0.2, 0.25) is 0 Å². The molecule has 1 N–H and O–H groups in total. The maximum atomic E-state index is 12.8. The lowest BCUT2D eigenvalue weighted by Gasteiger charge is -2.32. The number of allylic oxidation sites excluding steroid dienone is 2. The number of rotatable bonds is 4. The van der Waals surface area contributed by atoms with Crippen LogP contribution in [0.4, 0.5) is 5.95 Å². The molecule has 0 fully saturated rings. The second-order valence-electron chi connectivity index (χ2n) is 7.54. The first-order chi connectivity index (χ1) is 14.2. The molecule has 0 radical (unpaired) electrons. The summed E-state index contributed by atoms with van der Waals surface area (Å²) in [6.45, 7) is 2.07. The molecule has 1 aliphatic carbocycles. The van der Waals surface area contributed by atoms with E-state index in [4.69, 9.17) is 10.1 Å². The van der Waals surface area contributed by atoms with Crippen LogP contribution in [-0.4, -0.2) is 20.5 Å². The number of aromatic nitrogens is 3. The average molecular weight is 403 g/mol. The maximum Gasteiger partial charge on any atom is 0.227 e. The molecular formula is C23H22N4OS. The fourth-order valence-corrected chi connectivity index (χ4v) is 4.76. The van der Waals surface area contributed by atoms with Crippen LogP contribution in [-0.2, 0) is 10.5 Å². The van der Waals surface area contributed by atoms with Gasteiger partial charge < -0.3 is 5.32 Å². The summed E-state index contributed by atoms with van der Waals surface area (Å²) >= 11 is 1.61. The monoisotopic (exact) mass is 402 g/mol. The number of ketones is 1. The Hall–Kier alpha value is -2.86. The topological polar surface area (TPSA) is 59.8 Å². The lowest BCUT2D eigenvalue weighted by molar-refractivity contribution is -0.116. The normalized spacial score (nSPS) is 18.2. The first-order valence-electron chi connectivity index (χ1n) is 9.92. The predicted molar refractivity (Wildman–Crippen MR) is 115 cm³/mol. The van der Waals surface area contributed by atoms with Crippen LogP contribution in [0.3, 0.4) is 0 Å². The molecule has 2 aliphatic rings. The number of aryl methyl sites for hydroxylation is 1. The van der Waals surface area contributed by atoms with Crippen LogP contribution in [0.25, 0.3) is 0 Å². The van der Waals surface area contributed by atoms with Gasteiger partial charge in [0.1, 0.15) is 6.04 Å². The van der Waals surface area contributed by atoms with Gasteiger partial charge in [0.05, 0.1) is 0 Å². The third kappa shape index (κ3) is 3.49. The number of Topliss-reactive ketones (excluding diaryl/α,β-unsaturated/α-hetero) is 1. The summed E-state index contributed by atoms with van der Waals surface area (Å²) in [6, 6.07) is 18.5. The summed E-state index contributed by atoms with van der Waals surface area (Å²) in [4.78, 5) is 17.6. The first-order valence-corrected chi connectivity index (χ1v) is 10.9. The Labute approximate surface area is 174 Å². The quantitative estimate of drug-likeness (QED) is 0.629. The van der Waals surface area contributed by atoms with Gasteiger partial charge in [0.25, 0.3) is 0 Å². The number of carbonyl (C=O) groups is 1. The number of anilines is 1. The average Bonchev–Trinajstić information content (AvgIpc) is 3.15. The zero-order valence-corrected chi connectivity index (χ0v) is 17.1. The number of carbonyl (C=O) groups excluding carboxylic acids is 1. The van der Waals surface area contributed by atoms with Crippen LogP contribution in [0.1, 0.15) is 42.0 Å². The minimum atomic E-state index is -0.215. The Bertz CT molecular complexity index is 1090. The molecule has 1 aromatic heterocycles. The van der Waals surface area contributed by atoms with Crippen molar-refractivity contribution in [1.82, 2.24) is 14.8 Å². The molecule has 0 amide bonds. The highest BCUT2D eigenvalue weighted by atomic mass is 32.2. The number of hydrogen-bond donors (Lipinski definition) is 1. The van der Waals surface area contributed by atoms with Crippen molar-refractivity contribution in [2.45, 2.75) is 43.1 Å². The van der Waals surface area contributed by atoms with Crippen LogP contribution < -0.4 is 5.32 Å². The Kier molecular flexibility index (Phi) is 4.72. The van der Waals surface area contributed by atoms with Gasteiger partial charge >= 0.3 is 0 Å². The smallest absolute Gasteiger partial charge is 0.227 e. The molecule has 0 bridgehead atoms. The minimum absolute atomic E-state index is 0.212. The van der Waals surface area contributed by atoms with Gasteiger partial charge in [-0.25, -0.2) is 4.68 Å². The van der Waals surface area contributed by atoms with Gasteiger partial charge in [-0.3, -0.25) is 4.79 Å². The predicted octanol–water partition coefficient (Wildman–Crippen LogP) is 4.90. The van der Waals surface area contributed by atoms with E-state index in [0.29, 0.717) is 6.42 Å².